The van der Waals surface area contributed by atoms with Gasteiger partial charge < -0.3 is 4.74 Å². The van der Waals surface area contributed by atoms with Crippen LogP contribution in [0.1, 0.15) is 102 Å². The van der Waals surface area contributed by atoms with Gasteiger partial charge in [0, 0.05) is 35.1 Å². The lowest BCUT2D eigenvalue weighted by Gasteiger charge is -2.34. The number of ketones is 4. The highest BCUT2D eigenvalue weighted by atomic mass is 16.6. The first-order valence-corrected chi connectivity index (χ1v) is 17.3. The summed E-state index contributed by atoms with van der Waals surface area (Å²) in [5, 5.41) is 0. The van der Waals surface area contributed by atoms with Crippen molar-refractivity contribution in [3.8, 4) is 11.1 Å². The summed E-state index contributed by atoms with van der Waals surface area (Å²) >= 11 is 0. The molecule has 0 atom stereocenters. The Bertz CT molecular complexity index is 2430. The van der Waals surface area contributed by atoms with E-state index in [1.165, 1.54) is 12.1 Å². The Morgan fingerprint density at radius 3 is 1.47 bits per heavy atom. The molecule has 0 N–H and O–H groups in total. The van der Waals surface area contributed by atoms with E-state index in [0.717, 1.165) is 44.5 Å². The second-order valence-electron chi connectivity index (χ2n) is 13.7. The first-order valence-electron chi connectivity index (χ1n) is 17.3. The Kier molecular flexibility index (Phi) is 7.34. The molecule has 9 rings (SSSR count). The summed E-state index contributed by atoms with van der Waals surface area (Å²) in [5.41, 5.74) is 9.10. The Labute approximate surface area is 303 Å². The number of carbonyl (C=O) groups excluding carboxylic acids is 6. The van der Waals surface area contributed by atoms with Crippen molar-refractivity contribution in [2.24, 2.45) is 0 Å². The number of hydrogen-bond acceptors (Lipinski definition) is 7. The molecule has 0 spiro atoms. The Balaban J connectivity index is 1.06. The van der Waals surface area contributed by atoms with Gasteiger partial charge in [0.2, 0.25) is 0 Å². The third-order valence-corrected chi connectivity index (χ3v) is 10.7. The number of fused-ring (bicyclic) bond motifs is 5. The summed E-state index contributed by atoms with van der Waals surface area (Å²) in [7, 11) is 0. The van der Waals surface area contributed by atoms with Crippen molar-refractivity contribution in [1.82, 2.24) is 0 Å². The number of rotatable bonds is 8. The van der Waals surface area contributed by atoms with Crippen LogP contribution in [-0.4, -0.2) is 35.1 Å². The summed E-state index contributed by atoms with van der Waals surface area (Å²) in [6.45, 7) is 0. The highest BCUT2D eigenvalue weighted by molar-refractivity contribution is 6.25. The number of cyclic esters (lactones) is 2. The minimum atomic E-state index is -0.749. The standard InChI is InChI=1S/C46H28O7/c47-40(28-13-19-34-36(23-28)43(50)25-42(34)49)21-26-9-15-30(16-10-26)46(38-7-3-1-5-32(38)33-6-2-4-8-39(33)46)31-17-11-27(12-18-31)22-41(48)29-14-20-35-37(24-29)45(52)53-44(35)51/h1-20,23-24H,21-22,25H2. The maximum absolute atomic E-state index is 13.4. The van der Waals surface area contributed by atoms with Crippen molar-refractivity contribution >= 4 is 35.1 Å². The van der Waals surface area contributed by atoms with E-state index in [1.807, 2.05) is 48.5 Å². The van der Waals surface area contributed by atoms with E-state index in [1.54, 1.807) is 24.3 Å². The molecule has 0 bridgehead atoms. The van der Waals surface area contributed by atoms with Crippen LogP contribution in [0.15, 0.2) is 133 Å². The monoisotopic (exact) mass is 692 g/mol. The normalized spacial score (nSPS) is 14.7. The molecule has 0 radical (unpaired) electrons. The topological polar surface area (TPSA) is 112 Å². The molecule has 0 saturated carbocycles. The van der Waals surface area contributed by atoms with Crippen molar-refractivity contribution in [3.63, 3.8) is 0 Å². The molecule has 0 aromatic heterocycles. The molecule has 7 nitrogen and oxygen atoms in total. The molecule has 6 aromatic rings. The maximum Gasteiger partial charge on any atom is 0.346 e. The lowest BCUT2D eigenvalue weighted by atomic mass is 9.67. The SMILES string of the molecule is O=C(Cc1ccc(C2(c3ccc(CC(=O)c4ccc5c(c4)C(=O)OC5=O)cc3)c3ccccc3-c3ccccc32)cc1)c1ccc2c(c1)C(=O)CC2=O. The molecule has 254 valence electrons. The molecule has 3 aliphatic rings. The van der Waals surface area contributed by atoms with Crippen molar-refractivity contribution < 1.29 is 33.5 Å². The van der Waals surface area contributed by atoms with Crippen molar-refractivity contribution in [3.05, 3.63) is 200 Å². The highest BCUT2D eigenvalue weighted by Crippen LogP contribution is 2.56. The van der Waals surface area contributed by atoms with Crippen molar-refractivity contribution in [1.29, 1.82) is 0 Å². The molecular weight excluding hydrogens is 664 g/mol. The predicted molar refractivity (Wildman–Crippen MR) is 196 cm³/mol. The van der Waals surface area contributed by atoms with Gasteiger partial charge in [-0.1, -0.05) is 109 Å². The first-order chi connectivity index (χ1) is 25.7. The van der Waals surface area contributed by atoms with Gasteiger partial charge in [-0.05, 0) is 68.8 Å². The van der Waals surface area contributed by atoms with Gasteiger partial charge in [-0.2, -0.15) is 0 Å². The average molecular weight is 693 g/mol. The van der Waals surface area contributed by atoms with Gasteiger partial charge in [-0.25, -0.2) is 9.59 Å². The lowest BCUT2D eigenvalue weighted by Crippen LogP contribution is -2.28. The van der Waals surface area contributed by atoms with E-state index in [-0.39, 0.29) is 53.5 Å². The van der Waals surface area contributed by atoms with Crippen LogP contribution >= 0.6 is 0 Å². The van der Waals surface area contributed by atoms with Crippen LogP contribution in [0, 0.1) is 0 Å². The zero-order valence-electron chi connectivity index (χ0n) is 28.2. The lowest BCUT2D eigenvalue weighted by molar-refractivity contribution is 0.0442. The molecule has 53 heavy (non-hydrogen) atoms. The molecule has 0 unspecified atom stereocenters. The molecule has 1 aliphatic heterocycles. The van der Waals surface area contributed by atoms with Crippen LogP contribution in [0.3, 0.4) is 0 Å². The zero-order valence-corrected chi connectivity index (χ0v) is 28.2. The fraction of sp³-hybridized carbons (Fsp3) is 0.0870. The van der Waals surface area contributed by atoms with Crippen LogP contribution in [0.2, 0.25) is 0 Å². The van der Waals surface area contributed by atoms with Crippen LogP contribution < -0.4 is 0 Å². The molecule has 0 amide bonds. The first kappa shape index (κ1) is 32.1. The minimum absolute atomic E-state index is 0.0969. The number of carbonyl (C=O) groups is 6. The predicted octanol–water partition coefficient (Wildman–Crippen LogP) is 7.98. The summed E-state index contributed by atoms with van der Waals surface area (Å²) < 4.78 is 4.68. The quantitative estimate of drug-likeness (QED) is 0.0902. The second-order valence-corrected chi connectivity index (χ2v) is 13.7. The molecule has 0 saturated heterocycles. The zero-order chi connectivity index (χ0) is 36.4. The third-order valence-electron chi connectivity index (χ3n) is 10.7. The van der Waals surface area contributed by atoms with E-state index in [4.69, 9.17) is 0 Å². The van der Waals surface area contributed by atoms with E-state index in [2.05, 4.69) is 53.3 Å². The van der Waals surface area contributed by atoms with Crippen molar-refractivity contribution in [2.45, 2.75) is 24.7 Å². The van der Waals surface area contributed by atoms with Gasteiger partial charge >= 0.3 is 11.9 Å². The van der Waals surface area contributed by atoms with Gasteiger partial charge in [0.15, 0.2) is 23.1 Å². The third kappa shape index (κ3) is 5.04. The van der Waals surface area contributed by atoms with E-state index in [0.29, 0.717) is 22.3 Å². The summed E-state index contributed by atoms with van der Waals surface area (Å²) in [6.07, 6.45) is 0.0767. The molecular formula is C46H28O7. The molecule has 2 aliphatic carbocycles. The summed E-state index contributed by atoms with van der Waals surface area (Å²) in [5.74, 6) is -2.25. The van der Waals surface area contributed by atoms with Gasteiger partial charge in [0.05, 0.1) is 23.0 Å². The summed E-state index contributed by atoms with van der Waals surface area (Å²) in [4.78, 5) is 75.1. The van der Waals surface area contributed by atoms with Crippen LogP contribution in [-0.2, 0) is 23.0 Å². The molecule has 6 aromatic carbocycles. The largest absolute Gasteiger partial charge is 0.386 e. The number of hydrogen-bond donors (Lipinski definition) is 0. The van der Waals surface area contributed by atoms with Crippen LogP contribution in [0.4, 0.5) is 0 Å². The van der Waals surface area contributed by atoms with Crippen LogP contribution in [0.25, 0.3) is 11.1 Å². The van der Waals surface area contributed by atoms with Crippen LogP contribution in [0.5, 0.6) is 0 Å². The van der Waals surface area contributed by atoms with E-state index >= 15 is 0 Å². The Hall–Kier alpha value is -6.86. The summed E-state index contributed by atoms with van der Waals surface area (Å²) in [6, 6.07) is 41.9. The number of ether oxygens (including phenoxy) is 1. The van der Waals surface area contributed by atoms with Gasteiger partial charge in [-0.3, -0.25) is 19.2 Å². The fourth-order valence-electron chi connectivity index (χ4n) is 8.13. The average Bonchev–Trinajstić information content (AvgIpc) is 3.76. The van der Waals surface area contributed by atoms with Gasteiger partial charge in [-0.15, -0.1) is 0 Å². The highest BCUT2D eigenvalue weighted by Gasteiger charge is 2.46. The van der Waals surface area contributed by atoms with E-state index in [9.17, 15) is 28.8 Å². The molecule has 1 heterocycles. The number of Topliss-reactive ketones (excluding diaryl/α,β-unsaturated/α-hetero) is 4. The van der Waals surface area contributed by atoms with Gasteiger partial charge in [0.1, 0.15) is 0 Å². The van der Waals surface area contributed by atoms with Gasteiger partial charge in [0.25, 0.3) is 0 Å². The Morgan fingerprint density at radius 2 is 0.925 bits per heavy atom. The molecule has 7 heteroatoms. The number of benzene rings is 6. The minimum Gasteiger partial charge on any atom is -0.386 e. The molecule has 0 fully saturated rings. The Morgan fingerprint density at radius 1 is 0.472 bits per heavy atom. The smallest absolute Gasteiger partial charge is 0.346 e. The van der Waals surface area contributed by atoms with E-state index < -0.39 is 17.4 Å². The maximum atomic E-state index is 13.4. The second kappa shape index (κ2) is 12.1. The van der Waals surface area contributed by atoms with Crippen molar-refractivity contribution in [2.75, 3.05) is 0 Å². The fourth-order valence-corrected chi connectivity index (χ4v) is 8.13. The number of esters is 2.